The summed E-state index contributed by atoms with van der Waals surface area (Å²) in [6, 6.07) is 15.9. The molecule has 0 saturated carbocycles. The number of piperidine rings is 1. The number of carbonyl (C=O) groups excluding carboxylic acids is 2. The highest BCUT2D eigenvalue weighted by atomic mass is 35.5. The van der Waals surface area contributed by atoms with Crippen molar-refractivity contribution in [3.05, 3.63) is 76.2 Å². The Hall–Kier alpha value is -3.37. The lowest BCUT2D eigenvalue weighted by Gasteiger charge is -2.33. The van der Waals surface area contributed by atoms with Crippen molar-refractivity contribution in [1.82, 2.24) is 19.8 Å². The fourth-order valence-electron chi connectivity index (χ4n) is 5.45. The van der Waals surface area contributed by atoms with Crippen molar-refractivity contribution in [2.24, 2.45) is 5.73 Å². The van der Waals surface area contributed by atoms with E-state index in [1.807, 2.05) is 23.1 Å². The molecule has 2 atom stereocenters. The number of hydrogen-bond donors (Lipinski definition) is 2. The van der Waals surface area contributed by atoms with Gasteiger partial charge in [-0.3, -0.25) is 9.59 Å². The number of ether oxygens (including phenoxy) is 1. The normalized spacial score (nSPS) is 16.1. The van der Waals surface area contributed by atoms with Crippen LogP contribution in [-0.4, -0.2) is 65.7 Å². The average molecular weight is 613 g/mol. The highest BCUT2D eigenvalue weighted by Gasteiger charge is 2.29. The molecule has 3 N–H and O–H groups in total. The van der Waals surface area contributed by atoms with Crippen LogP contribution in [0.1, 0.15) is 48.0 Å². The summed E-state index contributed by atoms with van der Waals surface area (Å²) in [5, 5.41) is 3.70. The van der Waals surface area contributed by atoms with Crippen molar-refractivity contribution in [3.63, 3.8) is 0 Å². The molecule has 1 saturated heterocycles. The Bertz CT molecular complexity index is 1550. The Kier molecular flexibility index (Phi) is 9.84. The SMILES string of the molecule is COCCCn1c([C@@H]2CCCN(C(=O)C[C@H](N)CNC(=O)c3ccc(-c4ccc(Cl)cc4Cl)o3)C2)nc2ccccc21. The van der Waals surface area contributed by atoms with E-state index in [1.165, 1.54) is 0 Å². The van der Waals surface area contributed by atoms with E-state index < -0.39 is 11.9 Å². The van der Waals surface area contributed by atoms with Gasteiger partial charge in [-0.1, -0.05) is 35.3 Å². The van der Waals surface area contributed by atoms with E-state index in [2.05, 4.69) is 16.0 Å². The third kappa shape index (κ3) is 6.98. The number of carbonyl (C=O) groups is 2. The second-order valence-corrected chi connectivity index (χ2v) is 11.4. The van der Waals surface area contributed by atoms with Crippen LogP contribution in [0.3, 0.4) is 0 Å². The van der Waals surface area contributed by atoms with Gasteiger partial charge < -0.3 is 29.7 Å². The van der Waals surface area contributed by atoms with Gasteiger partial charge in [0, 0.05) is 68.9 Å². The summed E-state index contributed by atoms with van der Waals surface area (Å²) in [6.07, 6.45) is 2.86. The van der Waals surface area contributed by atoms with Crippen LogP contribution < -0.4 is 11.1 Å². The summed E-state index contributed by atoms with van der Waals surface area (Å²) in [5.74, 6) is 1.28. The average Bonchev–Trinajstić information content (AvgIpc) is 3.62. The van der Waals surface area contributed by atoms with Gasteiger partial charge in [0.25, 0.3) is 5.91 Å². The zero-order chi connectivity index (χ0) is 29.6. The van der Waals surface area contributed by atoms with Gasteiger partial charge in [-0.05, 0) is 61.7 Å². The lowest BCUT2D eigenvalue weighted by Crippen LogP contribution is -2.45. The lowest BCUT2D eigenvalue weighted by atomic mass is 9.96. The number of amides is 2. The summed E-state index contributed by atoms with van der Waals surface area (Å²) in [7, 11) is 1.71. The molecule has 2 aromatic heterocycles. The number of furan rings is 1. The summed E-state index contributed by atoms with van der Waals surface area (Å²) in [5.41, 5.74) is 8.97. The summed E-state index contributed by atoms with van der Waals surface area (Å²) in [4.78, 5) is 32.8. The first-order valence-electron chi connectivity index (χ1n) is 14.1. The first kappa shape index (κ1) is 30.1. The molecule has 0 bridgehead atoms. The quantitative estimate of drug-likeness (QED) is 0.217. The highest BCUT2D eigenvalue weighted by Crippen LogP contribution is 2.32. The Balaban J connectivity index is 1.16. The zero-order valence-electron chi connectivity index (χ0n) is 23.5. The zero-order valence-corrected chi connectivity index (χ0v) is 25.0. The number of benzene rings is 2. The monoisotopic (exact) mass is 611 g/mol. The topological polar surface area (TPSA) is 116 Å². The summed E-state index contributed by atoms with van der Waals surface area (Å²) >= 11 is 12.2. The summed E-state index contributed by atoms with van der Waals surface area (Å²) in [6.45, 7) is 2.89. The lowest BCUT2D eigenvalue weighted by molar-refractivity contribution is -0.132. The fourth-order valence-corrected chi connectivity index (χ4v) is 5.95. The van der Waals surface area contributed by atoms with Crippen molar-refractivity contribution in [1.29, 1.82) is 0 Å². The van der Waals surface area contributed by atoms with Crippen molar-refractivity contribution < 1.29 is 18.7 Å². The van der Waals surface area contributed by atoms with Gasteiger partial charge >= 0.3 is 0 Å². The number of aryl methyl sites for hydroxylation is 1. The van der Waals surface area contributed by atoms with E-state index in [-0.39, 0.29) is 30.6 Å². The molecule has 0 radical (unpaired) electrons. The van der Waals surface area contributed by atoms with Crippen molar-refractivity contribution >= 4 is 46.0 Å². The number of methoxy groups -OCH3 is 1. The molecule has 0 spiro atoms. The maximum atomic E-state index is 13.2. The number of hydrogen-bond acceptors (Lipinski definition) is 6. The standard InChI is InChI=1S/C31H35Cl2N5O4/c1-41-15-5-14-38-26-8-3-2-7-25(26)36-30(38)20-6-4-13-37(19-20)29(39)17-22(34)18-35-31(40)28-12-11-27(42-28)23-10-9-21(32)16-24(23)33/h2-3,7-12,16,20,22H,4-6,13-15,17-19,34H2,1H3,(H,35,40)/t20-,22+/m1/s1. The molecular weight excluding hydrogens is 577 g/mol. The van der Waals surface area contributed by atoms with Crippen LogP contribution in [-0.2, 0) is 16.1 Å². The number of likely N-dealkylation sites (tertiary alicyclic amines) is 1. The smallest absolute Gasteiger partial charge is 0.287 e. The van der Waals surface area contributed by atoms with Crippen LogP contribution >= 0.6 is 23.2 Å². The largest absolute Gasteiger partial charge is 0.451 e. The number of imidazole rings is 1. The minimum Gasteiger partial charge on any atom is -0.451 e. The highest BCUT2D eigenvalue weighted by molar-refractivity contribution is 6.36. The van der Waals surface area contributed by atoms with Gasteiger partial charge in [0.05, 0.1) is 16.1 Å². The Morgan fingerprint density at radius 3 is 2.83 bits per heavy atom. The molecular formula is C31H35Cl2N5O4. The van der Waals surface area contributed by atoms with Crippen LogP contribution in [0.25, 0.3) is 22.4 Å². The van der Waals surface area contributed by atoms with E-state index >= 15 is 0 Å². The number of fused-ring (bicyclic) bond motifs is 1. The number of halogens is 2. The molecule has 2 amide bonds. The fraction of sp³-hybridized carbons (Fsp3) is 0.387. The number of rotatable bonds is 11. The molecule has 42 heavy (non-hydrogen) atoms. The van der Waals surface area contributed by atoms with Crippen molar-refractivity contribution in [3.8, 4) is 11.3 Å². The van der Waals surface area contributed by atoms with Gasteiger partial charge in [-0.25, -0.2) is 4.98 Å². The van der Waals surface area contributed by atoms with Gasteiger partial charge in [-0.2, -0.15) is 0 Å². The molecule has 0 aliphatic carbocycles. The first-order chi connectivity index (χ1) is 20.3. The van der Waals surface area contributed by atoms with Gasteiger partial charge in [0.1, 0.15) is 11.6 Å². The minimum absolute atomic E-state index is 0.0267. The molecule has 3 heterocycles. The molecule has 2 aromatic carbocycles. The van der Waals surface area contributed by atoms with E-state index in [0.29, 0.717) is 41.1 Å². The van der Waals surface area contributed by atoms with Crippen LogP contribution in [0.4, 0.5) is 0 Å². The summed E-state index contributed by atoms with van der Waals surface area (Å²) < 4.78 is 13.3. The van der Waals surface area contributed by atoms with E-state index in [9.17, 15) is 9.59 Å². The predicted octanol–water partition coefficient (Wildman–Crippen LogP) is 5.49. The number of aromatic nitrogens is 2. The van der Waals surface area contributed by atoms with Crippen LogP contribution in [0, 0.1) is 0 Å². The molecule has 1 aliphatic rings. The molecule has 0 unspecified atom stereocenters. The Labute approximate surface area is 254 Å². The third-order valence-corrected chi connectivity index (χ3v) is 8.09. The molecule has 9 nitrogen and oxygen atoms in total. The first-order valence-corrected chi connectivity index (χ1v) is 14.9. The molecule has 4 aromatic rings. The van der Waals surface area contributed by atoms with Crippen LogP contribution in [0.5, 0.6) is 0 Å². The van der Waals surface area contributed by atoms with E-state index in [0.717, 1.165) is 42.7 Å². The molecule has 222 valence electrons. The Morgan fingerprint density at radius 1 is 1.19 bits per heavy atom. The van der Waals surface area contributed by atoms with Crippen molar-refractivity contribution in [2.45, 2.75) is 44.2 Å². The molecule has 1 fully saturated rings. The third-order valence-electron chi connectivity index (χ3n) is 7.54. The second kappa shape index (κ2) is 13.7. The molecule has 5 rings (SSSR count). The maximum Gasteiger partial charge on any atom is 0.287 e. The van der Waals surface area contributed by atoms with Crippen LogP contribution in [0.2, 0.25) is 10.0 Å². The van der Waals surface area contributed by atoms with Crippen molar-refractivity contribution in [2.75, 3.05) is 33.4 Å². The number of nitrogens with one attached hydrogen (secondary N) is 1. The number of nitrogens with zero attached hydrogens (tertiary/aromatic N) is 3. The van der Waals surface area contributed by atoms with E-state index in [4.69, 9.17) is 43.1 Å². The number of para-hydroxylation sites is 2. The predicted molar refractivity (Wildman–Crippen MR) is 164 cm³/mol. The van der Waals surface area contributed by atoms with Gasteiger partial charge in [-0.15, -0.1) is 0 Å². The Morgan fingerprint density at radius 2 is 2.02 bits per heavy atom. The van der Waals surface area contributed by atoms with Gasteiger partial charge in [0.15, 0.2) is 5.76 Å². The van der Waals surface area contributed by atoms with Gasteiger partial charge in [0.2, 0.25) is 5.91 Å². The molecule has 11 heteroatoms. The second-order valence-electron chi connectivity index (χ2n) is 10.6. The number of nitrogens with two attached hydrogens (primary N) is 1. The minimum atomic E-state index is -0.541. The molecule has 1 aliphatic heterocycles. The van der Waals surface area contributed by atoms with E-state index in [1.54, 1.807) is 37.4 Å². The van der Waals surface area contributed by atoms with Crippen LogP contribution in [0.15, 0.2) is 59.0 Å². The maximum absolute atomic E-state index is 13.2.